The Bertz CT molecular complexity index is 1930. The summed E-state index contributed by atoms with van der Waals surface area (Å²) in [5.74, 6) is 0.741. The van der Waals surface area contributed by atoms with Crippen molar-refractivity contribution in [1.82, 2.24) is 41.0 Å². The van der Waals surface area contributed by atoms with E-state index in [2.05, 4.69) is 40.1 Å². The molecule has 54 heavy (non-hydrogen) atoms. The number of fused-ring (bicyclic) bond motifs is 14. The fraction of sp³-hybridized carbons (Fsp3) is 0.439. The molecule has 4 N–H and O–H groups in total. The number of nitrogens with zero attached hydrogens (tertiary/aromatic N) is 4. The van der Waals surface area contributed by atoms with Crippen LogP contribution in [0.5, 0.6) is 5.75 Å². The second-order valence-corrected chi connectivity index (χ2v) is 14.9. The van der Waals surface area contributed by atoms with Gasteiger partial charge in [-0.05, 0) is 86.8 Å². The van der Waals surface area contributed by atoms with E-state index in [4.69, 9.17) is 14.8 Å². The Balaban J connectivity index is 1.33. The van der Waals surface area contributed by atoms with E-state index in [-0.39, 0.29) is 37.2 Å². The maximum absolute atomic E-state index is 14.0. The normalized spacial score (nSPS) is 21.3. The number of amides is 4. The smallest absolute Gasteiger partial charge is 0.270 e. The van der Waals surface area contributed by atoms with Gasteiger partial charge in [0.15, 0.2) is 11.6 Å². The number of hydrogen-bond acceptors (Lipinski definition) is 8. The summed E-state index contributed by atoms with van der Waals surface area (Å²) >= 11 is 0. The SMILES string of the molecule is Cc1cccc(C(=O)N[C@H]2Cc3ccc(cc3)OC[C@H](CC(C)C)NC(=O)Cn3nc(CC4CC4)nc3[C@@H](Cc3ccccc3)NC(=O)[C@@H](C)NC2=O)n1. The number of hydrogen-bond donors (Lipinski definition) is 4. The Morgan fingerprint density at radius 3 is 2.37 bits per heavy atom. The molecule has 1 aliphatic carbocycles. The van der Waals surface area contributed by atoms with Crippen LogP contribution in [-0.2, 0) is 40.2 Å². The standard InChI is InChI=1S/C41H50N8O5/c1-25(2)19-31-24-54-32-17-15-29(16-18-32)21-35(46-40(52)33-12-8-9-26(3)42-33)41(53)43-27(4)39(51)45-34(20-28-10-6-5-7-11-28)38-47-36(22-30-13-14-30)48-49(38)23-37(50)44-31/h5-12,15-18,25,27,30-31,34-35H,13-14,19-24H2,1-4H3,(H,43,53)(H,44,50)(H,45,51)(H,46,52)/t27-,31+,34-,35+/m1/s1. The first kappa shape index (κ1) is 38.1. The van der Waals surface area contributed by atoms with E-state index in [1.54, 1.807) is 48.9 Å². The number of rotatable bonds is 8. The average molecular weight is 735 g/mol. The number of benzene rings is 2. The zero-order valence-corrected chi connectivity index (χ0v) is 31.4. The van der Waals surface area contributed by atoms with Crippen molar-refractivity contribution in [3.63, 3.8) is 0 Å². The lowest BCUT2D eigenvalue weighted by atomic mass is 10.0. The monoisotopic (exact) mass is 734 g/mol. The molecule has 2 bridgehead atoms. The summed E-state index contributed by atoms with van der Waals surface area (Å²) in [6.45, 7) is 7.72. The fourth-order valence-electron chi connectivity index (χ4n) is 6.59. The van der Waals surface area contributed by atoms with Gasteiger partial charge in [-0.1, -0.05) is 62.4 Å². The quantitative estimate of drug-likeness (QED) is 0.212. The number of carbonyl (C=O) groups is 4. The predicted octanol–water partition coefficient (Wildman–Crippen LogP) is 3.80. The van der Waals surface area contributed by atoms with Crippen molar-refractivity contribution in [2.75, 3.05) is 6.61 Å². The van der Waals surface area contributed by atoms with Gasteiger partial charge in [0.25, 0.3) is 5.91 Å². The van der Waals surface area contributed by atoms with Gasteiger partial charge in [0.1, 0.15) is 36.7 Å². The zero-order chi connectivity index (χ0) is 38.2. The van der Waals surface area contributed by atoms with Crippen LogP contribution in [-0.4, -0.2) is 68.1 Å². The topological polar surface area (TPSA) is 169 Å². The van der Waals surface area contributed by atoms with Gasteiger partial charge in [-0.25, -0.2) is 14.6 Å². The van der Waals surface area contributed by atoms with Gasteiger partial charge in [-0.15, -0.1) is 0 Å². The van der Waals surface area contributed by atoms with Crippen molar-refractivity contribution < 1.29 is 23.9 Å². The summed E-state index contributed by atoms with van der Waals surface area (Å²) in [4.78, 5) is 64.1. The van der Waals surface area contributed by atoms with E-state index < -0.39 is 35.8 Å². The molecule has 0 radical (unpaired) electrons. The summed E-state index contributed by atoms with van der Waals surface area (Å²) in [5.41, 5.74) is 2.56. The Kier molecular flexibility index (Phi) is 12.4. The van der Waals surface area contributed by atoms with Crippen molar-refractivity contribution in [3.8, 4) is 5.75 Å². The number of pyridine rings is 1. The van der Waals surface area contributed by atoms with Gasteiger partial charge < -0.3 is 26.0 Å². The van der Waals surface area contributed by atoms with Gasteiger partial charge in [0, 0.05) is 18.5 Å². The van der Waals surface area contributed by atoms with Gasteiger partial charge in [0.05, 0.1) is 12.1 Å². The van der Waals surface area contributed by atoms with Gasteiger partial charge in [-0.3, -0.25) is 19.2 Å². The highest BCUT2D eigenvalue weighted by Crippen LogP contribution is 2.32. The summed E-state index contributed by atoms with van der Waals surface area (Å²) in [5, 5.41) is 16.7. The Labute approximate surface area is 316 Å². The van der Waals surface area contributed by atoms with E-state index in [9.17, 15) is 19.2 Å². The maximum Gasteiger partial charge on any atom is 0.270 e. The molecule has 2 aliphatic heterocycles. The van der Waals surface area contributed by atoms with E-state index >= 15 is 0 Å². The van der Waals surface area contributed by atoms with Gasteiger partial charge in [0.2, 0.25) is 17.7 Å². The summed E-state index contributed by atoms with van der Waals surface area (Å²) < 4.78 is 7.76. The summed E-state index contributed by atoms with van der Waals surface area (Å²) in [6, 6.07) is 19.1. The van der Waals surface area contributed by atoms with E-state index in [1.807, 2.05) is 42.5 Å². The molecular formula is C41H50N8O5. The van der Waals surface area contributed by atoms with Crippen LogP contribution < -0.4 is 26.0 Å². The van der Waals surface area contributed by atoms with Crippen molar-refractivity contribution in [1.29, 1.82) is 0 Å². The third kappa shape index (κ3) is 10.7. The van der Waals surface area contributed by atoms with Gasteiger partial charge in [-0.2, -0.15) is 5.10 Å². The minimum Gasteiger partial charge on any atom is -0.491 e. The molecule has 4 atom stereocenters. The molecule has 1 saturated carbocycles. The highest BCUT2D eigenvalue weighted by Gasteiger charge is 2.31. The van der Waals surface area contributed by atoms with E-state index in [0.717, 1.165) is 24.0 Å². The number of nitrogens with one attached hydrogen (secondary N) is 4. The molecule has 4 heterocycles. The lowest BCUT2D eigenvalue weighted by Crippen LogP contribution is -2.54. The average Bonchev–Trinajstić information content (AvgIpc) is 3.87. The molecule has 2 aromatic carbocycles. The van der Waals surface area contributed by atoms with Crippen LogP contribution in [0.25, 0.3) is 0 Å². The first-order valence-electron chi connectivity index (χ1n) is 18.8. The lowest BCUT2D eigenvalue weighted by molar-refractivity contribution is -0.130. The lowest BCUT2D eigenvalue weighted by Gasteiger charge is -2.25. The molecule has 7 rings (SSSR count). The number of ether oxygens (including phenoxy) is 1. The largest absolute Gasteiger partial charge is 0.491 e. The first-order chi connectivity index (χ1) is 26.0. The second kappa shape index (κ2) is 17.5. The molecule has 284 valence electrons. The molecule has 0 saturated heterocycles. The van der Waals surface area contributed by atoms with E-state index in [1.165, 1.54) is 0 Å². The van der Waals surface area contributed by atoms with Crippen molar-refractivity contribution in [3.05, 3.63) is 107 Å². The molecule has 3 aliphatic rings. The van der Waals surface area contributed by atoms with Crippen LogP contribution in [0.3, 0.4) is 0 Å². The molecule has 1 fully saturated rings. The van der Waals surface area contributed by atoms with Crippen LogP contribution in [0, 0.1) is 18.8 Å². The summed E-state index contributed by atoms with van der Waals surface area (Å²) in [6.07, 6.45) is 4.11. The molecule has 13 heteroatoms. The number of aromatic nitrogens is 4. The third-order valence-corrected chi connectivity index (χ3v) is 9.55. The van der Waals surface area contributed by atoms with Crippen LogP contribution in [0.15, 0.2) is 72.8 Å². The Morgan fingerprint density at radius 1 is 0.907 bits per heavy atom. The highest BCUT2D eigenvalue weighted by molar-refractivity contribution is 5.97. The van der Waals surface area contributed by atoms with Crippen molar-refractivity contribution >= 4 is 23.6 Å². The minimum atomic E-state index is -1.02. The molecule has 13 nitrogen and oxygen atoms in total. The third-order valence-electron chi connectivity index (χ3n) is 9.55. The number of aryl methyl sites for hydroxylation is 1. The van der Waals surface area contributed by atoms with Crippen LogP contribution in [0.1, 0.15) is 85.0 Å². The first-order valence-corrected chi connectivity index (χ1v) is 18.8. The van der Waals surface area contributed by atoms with Crippen LogP contribution in [0.4, 0.5) is 0 Å². The van der Waals surface area contributed by atoms with Crippen molar-refractivity contribution in [2.24, 2.45) is 11.8 Å². The summed E-state index contributed by atoms with van der Waals surface area (Å²) in [7, 11) is 0. The zero-order valence-electron chi connectivity index (χ0n) is 31.4. The van der Waals surface area contributed by atoms with Crippen molar-refractivity contribution in [2.45, 2.75) is 96.9 Å². The second-order valence-electron chi connectivity index (χ2n) is 14.9. The molecule has 2 aromatic heterocycles. The van der Waals surface area contributed by atoms with Gasteiger partial charge >= 0.3 is 0 Å². The molecule has 0 spiro atoms. The van der Waals surface area contributed by atoms with Crippen LogP contribution >= 0.6 is 0 Å². The maximum atomic E-state index is 14.0. The minimum absolute atomic E-state index is 0.0963. The van der Waals surface area contributed by atoms with Crippen LogP contribution in [0.2, 0.25) is 0 Å². The fourth-order valence-corrected chi connectivity index (χ4v) is 6.59. The Morgan fingerprint density at radius 2 is 1.67 bits per heavy atom. The molecule has 4 amide bonds. The van der Waals surface area contributed by atoms with E-state index in [0.29, 0.717) is 54.2 Å². The Hall–Kier alpha value is -5.59. The number of carbonyl (C=O) groups excluding carboxylic acids is 4. The predicted molar refractivity (Wildman–Crippen MR) is 202 cm³/mol. The molecular weight excluding hydrogens is 685 g/mol. The highest BCUT2D eigenvalue weighted by atomic mass is 16.5. The molecule has 4 aromatic rings. The molecule has 0 unspecified atom stereocenters.